The van der Waals surface area contributed by atoms with E-state index < -0.39 is 0 Å². The number of rotatable bonds is 5. The van der Waals surface area contributed by atoms with E-state index in [0.717, 1.165) is 5.75 Å². The van der Waals surface area contributed by atoms with Gasteiger partial charge in [-0.3, -0.25) is 4.79 Å². The fourth-order valence-electron chi connectivity index (χ4n) is 3.00. The van der Waals surface area contributed by atoms with Gasteiger partial charge in [-0.05, 0) is 41.9 Å². The minimum absolute atomic E-state index is 0.0865. The summed E-state index contributed by atoms with van der Waals surface area (Å²) < 4.78 is 10.2. The van der Waals surface area contributed by atoms with Crippen molar-refractivity contribution in [2.45, 2.75) is 33.1 Å². The Balaban J connectivity index is 2.06. The van der Waals surface area contributed by atoms with Gasteiger partial charge in [0, 0.05) is 6.42 Å². The summed E-state index contributed by atoms with van der Waals surface area (Å²) in [5, 5.41) is 0. The fourth-order valence-corrected chi connectivity index (χ4v) is 3.00. The van der Waals surface area contributed by atoms with E-state index in [0.29, 0.717) is 24.9 Å². The number of carbonyl (C=O) groups excluding carboxylic acids is 1. The van der Waals surface area contributed by atoms with E-state index in [1.54, 1.807) is 7.11 Å². The molecule has 3 heteroatoms. The molecule has 0 unspecified atom stereocenters. The highest BCUT2D eigenvalue weighted by Gasteiger charge is 2.58. The maximum atomic E-state index is 11.6. The molecule has 1 fully saturated rings. The molecule has 0 radical (unpaired) electrons. The zero-order valence-corrected chi connectivity index (χ0v) is 12.1. The lowest BCUT2D eigenvalue weighted by Gasteiger charge is -2.04. The van der Waals surface area contributed by atoms with Gasteiger partial charge in [-0.25, -0.2) is 0 Å². The average molecular weight is 262 g/mol. The number of hydrogen-bond donors (Lipinski definition) is 0. The first-order valence-corrected chi connectivity index (χ1v) is 6.80. The molecule has 1 aliphatic carbocycles. The van der Waals surface area contributed by atoms with E-state index in [4.69, 9.17) is 9.47 Å². The highest BCUT2D eigenvalue weighted by atomic mass is 16.5. The van der Waals surface area contributed by atoms with Gasteiger partial charge in [-0.2, -0.15) is 0 Å². The second-order valence-electron chi connectivity index (χ2n) is 5.69. The van der Waals surface area contributed by atoms with Gasteiger partial charge in [-0.1, -0.05) is 26.0 Å². The smallest absolute Gasteiger partial charge is 0.306 e. The highest BCUT2D eigenvalue weighted by Crippen LogP contribution is 2.65. The SMILES string of the molecule is CCOC(=O)C[C@@H]1[C@H](c2ccc(OC)cc2)C1(C)C. The first-order chi connectivity index (χ1) is 9.00. The third-order valence-electron chi connectivity index (χ3n) is 4.22. The van der Waals surface area contributed by atoms with Crippen LogP contribution in [0.4, 0.5) is 0 Å². The second-order valence-corrected chi connectivity index (χ2v) is 5.69. The lowest BCUT2D eigenvalue weighted by atomic mass is 10.0. The molecule has 3 nitrogen and oxygen atoms in total. The van der Waals surface area contributed by atoms with Crippen molar-refractivity contribution >= 4 is 5.97 Å². The van der Waals surface area contributed by atoms with Crippen molar-refractivity contribution in [2.24, 2.45) is 11.3 Å². The van der Waals surface area contributed by atoms with Gasteiger partial charge in [0.25, 0.3) is 0 Å². The minimum Gasteiger partial charge on any atom is -0.497 e. The van der Waals surface area contributed by atoms with Gasteiger partial charge < -0.3 is 9.47 Å². The molecule has 1 saturated carbocycles. The zero-order chi connectivity index (χ0) is 14.0. The molecule has 104 valence electrons. The summed E-state index contributed by atoms with van der Waals surface area (Å²) in [6.45, 7) is 6.73. The molecule has 1 aliphatic rings. The Labute approximate surface area is 114 Å². The Morgan fingerprint density at radius 2 is 1.89 bits per heavy atom. The molecule has 2 rings (SSSR count). The summed E-state index contributed by atoms with van der Waals surface area (Å²) in [6.07, 6.45) is 0.511. The lowest BCUT2D eigenvalue weighted by Crippen LogP contribution is -2.06. The van der Waals surface area contributed by atoms with E-state index >= 15 is 0 Å². The largest absolute Gasteiger partial charge is 0.497 e. The van der Waals surface area contributed by atoms with Crippen molar-refractivity contribution in [1.82, 2.24) is 0 Å². The molecule has 2 atom stereocenters. The fraction of sp³-hybridized carbons (Fsp3) is 0.562. The summed E-state index contributed by atoms with van der Waals surface area (Å²) in [5.41, 5.74) is 1.45. The number of esters is 1. The molecule has 0 spiro atoms. The van der Waals surface area contributed by atoms with Crippen molar-refractivity contribution < 1.29 is 14.3 Å². The van der Waals surface area contributed by atoms with Crippen LogP contribution in [0.2, 0.25) is 0 Å². The molecule has 1 aromatic rings. The van der Waals surface area contributed by atoms with Gasteiger partial charge in [0.1, 0.15) is 5.75 Å². The Morgan fingerprint density at radius 3 is 2.42 bits per heavy atom. The second kappa shape index (κ2) is 5.24. The minimum atomic E-state index is -0.0865. The molecule has 0 heterocycles. The Bertz CT molecular complexity index is 448. The maximum absolute atomic E-state index is 11.6. The van der Waals surface area contributed by atoms with Crippen molar-refractivity contribution in [3.05, 3.63) is 29.8 Å². The van der Waals surface area contributed by atoms with Gasteiger partial charge in [0.05, 0.1) is 13.7 Å². The Hall–Kier alpha value is -1.51. The first-order valence-electron chi connectivity index (χ1n) is 6.80. The molecule has 0 saturated heterocycles. The predicted octanol–water partition coefficient (Wildman–Crippen LogP) is 3.39. The summed E-state index contributed by atoms with van der Waals surface area (Å²) in [4.78, 5) is 11.6. The monoisotopic (exact) mass is 262 g/mol. The predicted molar refractivity (Wildman–Crippen MR) is 74.3 cm³/mol. The quantitative estimate of drug-likeness (QED) is 0.763. The van der Waals surface area contributed by atoms with E-state index in [-0.39, 0.29) is 11.4 Å². The summed E-state index contributed by atoms with van der Waals surface area (Å²) in [6, 6.07) is 8.14. The van der Waals surface area contributed by atoms with Gasteiger partial charge in [0.15, 0.2) is 0 Å². The van der Waals surface area contributed by atoms with Crippen LogP contribution in [0.1, 0.15) is 38.7 Å². The molecule has 0 N–H and O–H groups in total. The van der Waals surface area contributed by atoms with Crippen LogP contribution in [0.15, 0.2) is 24.3 Å². The summed E-state index contributed by atoms with van der Waals surface area (Å²) in [7, 11) is 1.67. The lowest BCUT2D eigenvalue weighted by molar-refractivity contribution is -0.143. The van der Waals surface area contributed by atoms with Crippen LogP contribution in [-0.4, -0.2) is 19.7 Å². The van der Waals surface area contributed by atoms with Gasteiger partial charge in [-0.15, -0.1) is 0 Å². The normalized spacial score (nSPS) is 23.8. The van der Waals surface area contributed by atoms with Crippen LogP contribution in [0, 0.1) is 11.3 Å². The van der Waals surface area contributed by atoms with E-state index in [2.05, 4.69) is 26.0 Å². The summed E-state index contributed by atoms with van der Waals surface area (Å²) >= 11 is 0. The molecule has 1 aromatic carbocycles. The van der Waals surface area contributed by atoms with Crippen LogP contribution in [0.5, 0.6) is 5.75 Å². The van der Waals surface area contributed by atoms with Crippen molar-refractivity contribution in [3.8, 4) is 5.75 Å². The Morgan fingerprint density at radius 1 is 1.26 bits per heavy atom. The van der Waals surface area contributed by atoms with Crippen molar-refractivity contribution in [3.63, 3.8) is 0 Å². The number of carbonyl (C=O) groups is 1. The van der Waals surface area contributed by atoms with Crippen LogP contribution in [0.3, 0.4) is 0 Å². The van der Waals surface area contributed by atoms with E-state index in [9.17, 15) is 4.79 Å². The molecule has 0 amide bonds. The topological polar surface area (TPSA) is 35.5 Å². The molecule has 19 heavy (non-hydrogen) atoms. The van der Waals surface area contributed by atoms with E-state index in [1.165, 1.54) is 5.56 Å². The maximum Gasteiger partial charge on any atom is 0.306 e. The van der Waals surface area contributed by atoms with Crippen LogP contribution >= 0.6 is 0 Å². The standard InChI is InChI=1S/C16H22O3/c1-5-19-14(17)10-13-15(16(13,2)3)11-6-8-12(18-4)9-7-11/h6-9,13,15H,5,10H2,1-4H3/t13-,15+/m1/s1. The third-order valence-corrected chi connectivity index (χ3v) is 4.22. The van der Waals surface area contributed by atoms with Crippen molar-refractivity contribution in [1.29, 1.82) is 0 Å². The number of hydrogen-bond acceptors (Lipinski definition) is 3. The first kappa shape index (κ1) is 13.9. The van der Waals surface area contributed by atoms with Crippen LogP contribution in [0.25, 0.3) is 0 Å². The number of ether oxygens (including phenoxy) is 2. The van der Waals surface area contributed by atoms with Crippen LogP contribution in [-0.2, 0) is 9.53 Å². The van der Waals surface area contributed by atoms with E-state index in [1.807, 2.05) is 19.1 Å². The van der Waals surface area contributed by atoms with Crippen LogP contribution < -0.4 is 4.74 Å². The average Bonchev–Trinajstić information content (AvgIpc) is 2.91. The molecule has 0 aromatic heterocycles. The van der Waals surface area contributed by atoms with Gasteiger partial charge >= 0.3 is 5.97 Å². The highest BCUT2D eigenvalue weighted by molar-refractivity contribution is 5.70. The Kier molecular flexibility index (Phi) is 3.83. The van der Waals surface area contributed by atoms with Crippen molar-refractivity contribution in [2.75, 3.05) is 13.7 Å². The molecule has 0 aliphatic heterocycles. The zero-order valence-electron chi connectivity index (χ0n) is 12.1. The summed E-state index contributed by atoms with van der Waals surface area (Å²) in [5.74, 6) is 1.59. The number of methoxy groups -OCH3 is 1. The number of benzene rings is 1. The molecule has 0 bridgehead atoms. The third kappa shape index (κ3) is 2.75. The van der Waals surface area contributed by atoms with Gasteiger partial charge in [0.2, 0.25) is 0 Å². The molecular formula is C16H22O3. The molecular weight excluding hydrogens is 240 g/mol.